The first-order valence-electron chi connectivity index (χ1n) is 7.20. The monoisotopic (exact) mass is 324 g/mol. The van der Waals surface area contributed by atoms with Crippen LogP contribution in [0.3, 0.4) is 0 Å². The van der Waals surface area contributed by atoms with Gasteiger partial charge in [0.25, 0.3) is 11.1 Å². The van der Waals surface area contributed by atoms with Crippen molar-refractivity contribution in [2.75, 3.05) is 6.61 Å². The first kappa shape index (κ1) is 14.3. The molecule has 4 aromatic rings. The van der Waals surface area contributed by atoms with E-state index in [4.69, 9.17) is 5.11 Å². The topological polar surface area (TPSA) is 108 Å². The van der Waals surface area contributed by atoms with Gasteiger partial charge in [-0.05, 0) is 12.1 Å². The van der Waals surface area contributed by atoms with Crippen molar-refractivity contribution in [1.82, 2.24) is 29.1 Å². The Kier molecular flexibility index (Phi) is 3.21. The number of fused-ring (bicyclic) bond motifs is 3. The summed E-state index contributed by atoms with van der Waals surface area (Å²) in [6.45, 7) is 0.0411. The second-order valence-corrected chi connectivity index (χ2v) is 5.19. The zero-order valence-corrected chi connectivity index (χ0v) is 12.4. The van der Waals surface area contributed by atoms with E-state index in [0.29, 0.717) is 21.7 Å². The maximum Gasteiger partial charge on any atom is 0.279 e. The van der Waals surface area contributed by atoms with Gasteiger partial charge in [0.1, 0.15) is 12.7 Å². The predicted molar refractivity (Wildman–Crippen MR) is 85.7 cm³/mol. The summed E-state index contributed by atoms with van der Waals surface area (Å²) in [6, 6.07) is 3.38. The Morgan fingerprint density at radius 1 is 1.00 bits per heavy atom. The van der Waals surface area contributed by atoms with Crippen molar-refractivity contribution in [2.45, 2.75) is 6.54 Å². The van der Waals surface area contributed by atoms with Crippen molar-refractivity contribution in [3.63, 3.8) is 0 Å². The molecule has 0 amide bonds. The zero-order chi connectivity index (χ0) is 16.7. The van der Waals surface area contributed by atoms with Crippen LogP contribution in [0.5, 0.6) is 0 Å². The molecule has 4 rings (SSSR count). The summed E-state index contributed by atoms with van der Waals surface area (Å²) >= 11 is 0. The van der Waals surface area contributed by atoms with E-state index >= 15 is 0 Å². The number of hydrogen-bond donors (Lipinski definition) is 1. The molecule has 4 heterocycles. The minimum Gasteiger partial charge on any atom is -0.395 e. The van der Waals surface area contributed by atoms with Gasteiger partial charge in [0, 0.05) is 30.5 Å². The Morgan fingerprint density at radius 2 is 1.79 bits per heavy atom. The van der Waals surface area contributed by atoms with Crippen molar-refractivity contribution in [3.05, 3.63) is 64.1 Å². The Hall–Kier alpha value is -3.33. The average molecular weight is 324 g/mol. The molecule has 0 radical (unpaired) electrons. The standard InChI is InChI=1S/C15H12N6O3/c22-6-5-19-3-1-10-11(14(19)23)7-16-12-2-4-21(15(24)13(10)12)20-8-17-18-9-20/h1-4,7-9,22H,5-6H2. The molecule has 0 saturated heterocycles. The molecule has 0 aliphatic heterocycles. The van der Waals surface area contributed by atoms with Gasteiger partial charge >= 0.3 is 0 Å². The van der Waals surface area contributed by atoms with Crippen LogP contribution in [0.1, 0.15) is 0 Å². The van der Waals surface area contributed by atoms with Gasteiger partial charge in [-0.3, -0.25) is 14.6 Å². The number of hydrogen-bond acceptors (Lipinski definition) is 6. The molecular formula is C15H12N6O3. The first-order chi connectivity index (χ1) is 11.7. The van der Waals surface area contributed by atoms with Crippen molar-refractivity contribution in [3.8, 4) is 0 Å². The molecule has 0 saturated carbocycles. The van der Waals surface area contributed by atoms with Crippen molar-refractivity contribution < 1.29 is 5.11 Å². The smallest absolute Gasteiger partial charge is 0.279 e. The molecular weight excluding hydrogens is 312 g/mol. The van der Waals surface area contributed by atoms with Crippen LogP contribution in [0.2, 0.25) is 0 Å². The van der Waals surface area contributed by atoms with Crippen LogP contribution in [-0.2, 0) is 6.54 Å². The number of aromatic nitrogens is 6. The number of rotatable bonds is 3. The van der Waals surface area contributed by atoms with Gasteiger partial charge in [0.2, 0.25) is 0 Å². The lowest BCUT2D eigenvalue weighted by Crippen LogP contribution is -2.26. The van der Waals surface area contributed by atoms with Crippen LogP contribution < -0.4 is 11.1 Å². The summed E-state index contributed by atoms with van der Waals surface area (Å²) in [5.74, 6) is 0. The Balaban J connectivity index is 2.10. The SMILES string of the molecule is O=c1c2cnc3ccn(-n4cnnc4)c(=O)c3c2ccn1CCO. The Labute approximate surface area is 134 Å². The van der Waals surface area contributed by atoms with Crippen LogP contribution in [0.4, 0.5) is 0 Å². The molecule has 1 N–H and O–H groups in total. The molecule has 120 valence electrons. The summed E-state index contributed by atoms with van der Waals surface area (Å²) in [5.41, 5.74) is -0.129. The van der Waals surface area contributed by atoms with E-state index in [2.05, 4.69) is 15.2 Å². The maximum atomic E-state index is 12.9. The molecule has 4 aromatic heterocycles. The van der Waals surface area contributed by atoms with E-state index < -0.39 is 0 Å². The fourth-order valence-corrected chi connectivity index (χ4v) is 2.72. The van der Waals surface area contributed by atoms with Gasteiger partial charge in [0.05, 0.1) is 22.9 Å². The van der Waals surface area contributed by atoms with Gasteiger partial charge in [-0.25, -0.2) is 9.35 Å². The van der Waals surface area contributed by atoms with E-state index in [1.165, 1.54) is 32.8 Å². The molecule has 0 fully saturated rings. The third-order valence-corrected chi connectivity index (χ3v) is 3.85. The lowest BCUT2D eigenvalue weighted by atomic mass is 10.1. The Bertz CT molecular complexity index is 1160. The Morgan fingerprint density at radius 3 is 2.54 bits per heavy atom. The van der Waals surface area contributed by atoms with Crippen molar-refractivity contribution in [2.24, 2.45) is 0 Å². The second-order valence-electron chi connectivity index (χ2n) is 5.19. The predicted octanol–water partition coefficient (Wildman–Crippen LogP) is -0.393. The molecule has 9 nitrogen and oxygen atoms in total. The lowest BCUT2D eigenvalue weighted by Gasteiger charge is -2.09. The summed E-state index contributed by atoms with van der Waals surface area (Å²) in [5, 5.41) is 17.6. The van der Waals surface area contributed by atoms with Crippen LogP contribution in [0.25, 0.3) is 21.7 Å². The van der Waals surface area contributed by atoms with E-state index in [0.717, 1.165) is 0 Å². The van der Waals surface area contributed by atoms with Gasteiger partial charge < -0.3 is 9.67 Å². The zero-order valence-electron chi connectivity index (χ0n) is 12.4. The second kappa shape index (κ2) is 5.39. The fraction of sp³-hybridized carbons (Fsp3) is 0.133. The maximum absolute atomic E-state index is 12.9. The molecule has 0 unspecified atom stereocenters. The summed E-state index contributed by atoms with van der Waals surface area (Å²) < 4.78 is 4.16. The normalized spacial score (nSPS) is 11.4. The average Bonchev–Trinajstić information content (AvgIpc) is 3.11. The van der Waals surface area contributed by atoms with Gasteiger partial charge in [-0.2, -0.15) is 0 Å². The first-order valence-corrected chi connectivity index (χ1v) is 7.20. The van der Waals surface area contributed by atoms with E-state index in [1.807, 2.05) is 0 Å². The third kappa shape index (κ3) is 2.02. The van der Waals surface area contributed by atoms with Gasteiger partial charge in [0.15, 0.2) is 0 Å². The molecule has 0 aliphatic carbocycles. The number of pyridine rings is 3. The molecule has 0 atom stereocenters. The van der Waals surface area contributed by atoms with Crippen LogP contribution in [-0.4, -0.2) is 40.8 Å². The summed E-state index contributed by atoms with van der Waals surface area (Å²) in [7, 11) is 0. The van der Waals surface area contributed by atoms with Crippen LogP contribution >= 0.6 is 0 Å². The minimum atomic E-state index is -0.329. The van der Waals surface area contributed by atoms with E-state index in [9.17, 15) is 9.59 Å². The molecule has 24 heavy (non-hydrogen) atoms. The van der Waals surface area contributed by atoms with Crippen molar-refractivity contribution in [1.29, 1.82) is 0 Å². The number of aliphatic hydroxyl groups is 1. The highest BCUT2D eigenvalue weighted by Crippen LogP contribution is 2.17. The highest BCUT2D eigenvalue weighted by atomic mass is 16.3. The molecule has 9 heteroatoms. The summed E-state index contributed by atoms with van der Waals surface area (Å²) in [4.78, 5) is 29.6. The van der Waals surface area contributed by atoms with Crippen LogP contribution in [0, 0.1) is 0 Å². The third-order valence-electron chi connectivity index (χ3n) is 3.85. The summed E-state index contributed by atoms with van der Waals surface area (Å²) in [6.07, 6.45) is 7.40. The van der Waals surface area contributed by atoms with Gasteiger partial charge in [-0.1, -0.05) is 0 Å². The van der Waals surface area contributed by atoms with E-state index in [-0.39, 0.29) is 24.3 Å². The van der Waals surface area contributed by atoms with Gasteiger partial charge in [-0.15, -0.1) is 10.2 Å². The highest BCUT2D eigenvalue weighted by Gasteiger charge is 2.12. The lowest BCUT2D eigenvalue weighted by molar-refractivity contribution is 0.274. The van der Waals surface area contributed by atoms with Crippen LogP contribution in [0.15, 0.2) is 53.0 Å². The molecule has 0 aromatic carbocycles. The number of aliphatic hydroxyl groups excluding tert-OH is 1. The van der Waals surface area contributed by atoms with Crippen molar-refractivity contribution >= 4 is 21.7 Å². The largest absolute Gasteiger partial charge is 0.395 e. The number of nitrogens with zero attached hydrogens (tertiary/aromatic N) is 6. The quantitative estimate of drug-likeness (QED) is 0.514. The minimum absolute atomic E-state index is 0.146. The fourth-order valence-electron chi connectivity index (χ4n) is 2.72. The highest BCUT2D eigenvalue weighted by molar-refractivity contribution is 6.04. The van der Waals surface area contributed by atoms with E-state index in [1.54, 1.807) is 24.5 Å². The molecule has 0 bridgehead atoms. The molecule has 0 aliphatic rings. The molecule has 0 spiro atoms.